The Balaban J connectivity index is 1.70. The van der Waals surface area contributed by atoms with Crippen LogP contribution in [0.25, 0.3) is 11.4 Å². The summed E-state index contributed by atoms with van der Waals surface area (Å²) in [7, 11) is 1.93. The normalized spacial score (nSPS) is 16.3. The molecule has 0 unspecified atom stereocenters. The fourth-order valence-corrected chi connectivity index (χ4v) is 3.65. The molecule has 1 amide bonds. The maximum atomic E-state index is 12.5. The molecule has 1 atom stereocenters. The van der Waals surface area contributed by atoms with Crippen molar-refractivity contribution < 1.29 is 4.79 Å². The van der Waals surface area contributed by atoms with E-state index in [4.69, 9.17) is 0 Å². The van der Waals surface area contributed by atoms with E-state index in [1.165, 1.54) is 18.2 Å². The topological polar surface area (TPSA) is 63.9 Å². The standard InChI is InChI=1S/C16H21N5OS/c1-12(15(22)21-10-4-3-5-11-21)23-16-19-18-14(20(16)2)13-6-8-17-9-7-13/h6-9,12H,3-5,10-11H2,1-2H3/t12-/m1/s1. The molecule has 0 aromatic carbocycles. The van der Waals surface area contributed by atoms with Gasteiger partial charge in [0.05, 0.1) is 5.25 Å². The number of likely N-dealkylation sites (tertiary alicyclic amines) is 1. The molecule has 0 aliphatic carbocycles. The molecule has 1 aliphatic rings. The summed E-state index contributed by atoms with van der Waals surface area (Å²) in [6.07, 6.45) is 6.92. The molecule has 0 radical (unpaired) electrons. The minimum Gasteiger partial charge on any atom is -0.342 e. The summed E-state index contributed by atoms with van der Waals surface area (Å²) in [6.45, 7) is 3.71. The van der Waals surface area contributed by atoms with Gasteiger partial charge >= 0.3 is 0 Å². The first kappa shape index (κ1) is 16.0. The quantitative estimate of drug-likeness (QED) is 0.805. The molecule has 3 heterocycles. The Bertz CT molecular complexity index is 666. The highest BCUT2D eigenvalue weighted by atomic mass is 32.2. The minimum absolute atomic E-state index is 0.152. The lowest BCUT2D eigenvalue weighted by atomic mass is 10.1. The molecule has 1 saturated heterocycles. The number of rotatable bonds is 4. The second kappa shape index (κ2) is 7.12. The Morgan fingerprint density at radius 2 is 1.87 bits per heavy atom. The van der Waals surface area contributed by atoms with Crippen molar-refractivity contribution >= 4 is 17.7 Å². The van der Waals surface area contributed by atoms with Crippen LogP contribution in [0.5, 0.6) is 0 Å². The molecule has 2 aromatic heterocycles. The Morgan fingerprint density at radius 1 is 1.17 bits per heavy atom. The maximum absolute atomic E-state index is 12.5. The number of carbonyl (C=O) groups is 1. The Hall–Kier alpha value is -1.89. The molecule has 0 spiro atoms. The minimum atomic E-state index is -0.152. The number of amides is 1. The Morgan fingerprint density at radius 3 is 2.57 bits per heavy atom. The molecule has 122 valence electrons. The van der Waals surface area contributed by atoms with Gasteiger partial charge in [-0.05, 0) is 38.3 Å². The smallest absolute Gasteiger partial charge is 0.235 e. The molecule has 1 aliphatic heterocycles. The van der Waals surface area contributed by atoms with Crippen molar-refractivity contribution in [1.82, 2.24) is 24.6 Å². The van der Waals surface area contributed by atoms with E-state index in [1.807, 2.05) is 35.6 Å². The average molecular weight is 331 g/mol. The number of aromatic nitrogens is 4. The number of thioether (sulfide) groups is 1. The zero-order valence-corrected chi connectivity index (χ0v) is 14.3. The molecule has 6 nitrogen and oxygen atoms in total. The van der Waals surface area contributed by atoms with Gasteiger partial charge in [0.15, 0.2) is 11.0 Å². The summed E-state index contributed by atoms with van der Waals surface area (Å²) >= 11 is 1.47. The second-order valence-electron chi connectivity index (χ2n) is 5.75. The summed E-state index contributed by atoms with van der Waals surface area (Å²) in [5.41, 5.74) is 0.969. The van der Waals surface area contributed by atoms with E-state index >= 15 is 0 Å². The van der Waals surface area contributed by atoms with Crippen LogP contribution in [-0.2, 0) is 11.8 Å². The molecule has 2 aromatic rings. The van der Waals surface area contributed by atoms with Gasteiger partial charge in [0.1, 0.15) is 0 Å². The first-order chi connectivity index (χ1) is 11.2. The van der Waals surface area contributed by atoms with E-state index in [0.29, 0.717) is 0 Å². The lowest BCUT2D eigenvalue weighted by Crippen LogP contribution is -2.40. The zero-order chi connectivity index (χ0) is 16.2. The molecule has 1 fully saturated rings. The van der Waals surface area contributed by atoms with E-state index < -0.39 is 0 Å². The van der Waals surface area contributed by atoms with Gasteiger partial charge in [0.25, 0.3) is 0 Å². The van der Waals surface area contributed by atoms with Crippen LogP contribution in [0.1, 0.15) is 26.2 Å². The second-order valence-corrected chi connectivity index (χ2v) is 7.06. The van der Waals surface area contributed by atoms with Crippen LogP contribution >= 0.6 is 11.8 Å². The van der Waals surface area contributed by atoms with Crippen molar-refractivity contribution in [2.24, 2.45) is 7.05 Å². The Labute approximate surface area is 140 Å². The van der Waals surface area contributed by atoms with Gasteiger partial charge in [-0.3, -0.25) is 9.78 Å². The predicted molar refractivity (Wildman–Crippen MR) is 90.0 cm³/mol. The highest BCUT2D eigenvalue weighted by Crippen LogP contribution is 2.26. The number of piperidine rings is 1. The largest absolute Gasteiger partial charge is 0.342 e. The molecule has 7 heteroatoms. The third-order valence-corrected chi connectivity index (χ3v) is 5.19. The molecule has 3 rings (SSSR count). The summed E-state index contributed by atoms with van der Waals surface area (Å²) in [6, 6.07) is 3.81. The van der Waals surface area contributed by atoms with Crippen LogP contribution in [0.15, 0.2) is 29.7 Å². The molecule has 0 saturated carbocycles. The van der Waals surface area contributed by atoms with Crippen LogP contribution in [0.4, 0.5) is 0 Å². The maximum Gasteiger partial charge on any atom is 0.235 e. The van der Waals surface area contributed by atoms with Crippen molar-refractivity contribution in [3.8, 4) is 11.4 Å². The van der Waals surface area contributed by atoms with E-state index in [9.17, 15) is 4.79 Å². The summed E-state index contributed by atoms with van der Waals surface area (Å²) in [5, 5.41) is 9.10. The van der Waals surface area contributed by atoms with E-state index in [2.05, 4.69) is 15.2 Å². The number of carbonyl (C=O) groups excluding carboxylic acids is 1. The van der Waals surface area contributed by atoms with Crippen molar-refractivity contribution in [1.29, 1.82) is 0 Å². The number of nitrogens with zero attached hydrogens (tertiary/aromatic N) is 5. The van der Waals surface area contributed by atoms with Gasteiger partial charge in [0.2, 0.25) is 5.91 Å². The molecule has 23 heavy (non-hydrogen) atoms. The van der Waals surface area contributed by atoms with Crippen molar-refractivity contribution in [2.75, 3.05) is 13.1 Å². The highest BCUT2D eigenvalue weighted by Gasteiger charge is 2.25. The van der Waals surface area contributed by atoms with Gasteiger partial charge < -0.3 is 9.47 Å². The van der Waals surface area contributed by atoms with Crippen LogP contribution in [-0.4, -0.2) is 48.9 Å². The SMILES string of the molecule is C[C@@H](Sc1nnc(-c2ccncc2)n1C)C(=O)N1CCCCC1. The Kier molecular flexibility index (Phi) is 4.95. The molecular formula is C16H21N5OS. The molecular weight excluding hydrogens is 310 g/mol. The van der Waals surface area contributed by atoms with Gasteiger partial charge in [-0.1, -0.05) is 11.8 Å². The van der Waals surface area contributed by atoms with Crippen LogP contribution in [0.2, 0.25) is 0 Å². The fourth-order valence-electron chi connectivity index (χ4n) is 2.75. The highest BCUT2D eigenvalue weighted by molar-refractivity contribution is 8.00. The van der Waals surface area contributed by atoms with Crippen molar-refractivity contribution in [3.63, 3.8) is 0 Å². The average Bonchev–Trinajstić information content (AvgIpc) is 2.96. The van der Waals surface area contributed by atoms with Gasteiger partial charge in [0, 0.05) is 38.1 Å². The van der Waals surface area contributed by atoms with E-state index in [0.717, 1.165) is 42.5 Å². The predicted octanol–water partition coefficient (Wildman–Crippen LogP) is 2.37. The van der Waals surface area contributed by atoms with Crippen molar-refractivity contribution in [3.05, 3.63) is 24.5 Å². The molecule has 0 bridgehead atoms. The monoisotopic (exact) mass is 331 g/mol. The van der Waals surface area contributed by atoms with Gasteiger partial charge in [-0.25, -0.2) is 0 Å². The van der Waals surface area contributed by atoms with Crippen LogP contribution in [0, 0.1) is 0 Å². The zero-order valence-electron chi connectivity index (χ0n) is 13.5. The number of hydrogen-bond donors (Lipinski definition) is 0. The third kappa shape index (κ3) is 3.55. The summed E-state index contributed by atoms with van der Waals surface area (Å²) < 4.78 is 1.93. The number of pyridine rings is 1. The first-order valence-corrected chi connectivity index (χ1v) is 8.80. The fraction of sp³-hybridized carbons (Fsp3) is 0.500. The number of hydrogen-bond acceptors (Lipinski definition) is 5. The van der Waals surface area contributed by atoms with E-state index in [1.54, 1.807) is 12.4 Å². The van der Waals surface area contributed by atoms with Crippen LogP contribution < -0.4 is 0 Å². The lowest BCUT2D eigenvalue weighted by molar-refractivity contribution is -0.131. The summed E-state index contributed by atoms with van der Waals surface area (Å²) in [5.74, 6) is 0.982. The van der Waals surface area contributed by atoms with Crippen molar-refractivity contribution in [2.45, 2.75) is 36.6 Å². The van der Waals surface area contributed by atoms with Crippen LogP contribution in [0.3, 0.4) is 0 Å². The first-order valence-electron chi connectivity index (χ1n) is 7.92. The van der Waals surface area contributed by atoms with E-state index in [-0.39, 0.29) is 11.2 Å². The van der Waals surface area contributed by atoms with Gasteiger partial charge in [-0.2, -0.15) is 0 Å². The lowest BCUT2D eigenvalue weighted by Gasteiger charge is -2.28. The van der Waals surface area contributed by atoms with Gasteiger partial charge in [-0.15, -0.1) is 10.2 Å². The summed E-state index contributed by atoms with van der Waals surface area (Å²) in [4.78, 5) is 18.5. The third-order valence-electron chi connectivity index (χ3n) is 4.07. The molecule has 0 N–H and O–H groups in total.